The maximum atomic E-state index is 13.1. The first-order chi connectivity index (χ1) is 16.8. The summed E-state index contributed by atoms with van der Waals surface area (Å²) in [6.45, 7) is 2.61. The molecule has 3 atom stereocenters. The lowest BCUT2D eigenvalue weighted by Gasteiger charge is -2.59. The van der Waals surface area contributed by atoms with Gasteiger partial charge in [-0.3, -0.25) is 4.79 Å². The number of piperidine rings is 1. The van der Waals surface area contributed by atoms with Crippen molar-refractivity contribution in [3.05, 3.63) is 65.7 Å². The Bertz CT molecular complexity index is 1110. The van der Waals surface area contributed by atoms with E-state index in [1.165, 1.54) is 12.8 Å². The van der Waals surface area contributed by atoms with E-state index in [2.05, 4.69) is 4.90 Å². The number of β-amino-alcohol motifs (C(OH)–C–C–N with tert-alkyl or cyclic N) is 1. The van der Waals surface area contributed by atoms with Gasteiger partial charge in [0.05, 0.1) is 5.60 Å². The van der Waals surface area contributed by atoms with Crippen LogP contribution in [0.1, 0.15) is 49.7 Å². The van der Waals surface area contributed by atoms with Gasteiger partial charge < -0.3 is 25.1 Å². The van der Waals surface area contributed by atoms with E-state index in [0.29, 0.717) is 19.4 Å². The minimum Gasteiger partial charge on any atom is -0.508 e. The molecule has 0 bridgehead atoms. The number of amides is 1. The van der Waals surface area contributed by atoms with Crippen molar-refractivity contribution in [2.75, 3.05) is 26.7 Å². The molecule has 1 heterocycles. The second-order valence-electron chi connectivity index (χ2n) is 10.9. The lowest BCUT2D eigenvalue weighted by Crippen LogP contribution is -2.67. The summed E-state index contributed by atoms with van der Waals surface area (Å²) in [6.07, 6.45) is 8.66. The third kappa shape index (κ3) is 4.82. The zero-order chi connectivity index (χ0) is 24.6. The number of benzene rings is 2. The number of hydrogen-bond acceptors (Lipinski definition) is 5. The highest BCUT2D eigenvalue weighted by molar-refractivity contribution is 5.91. The Morgan fingerprint density at radius 3 is 2.54 bits per heavy atom. The zero-order valence-electron chi connectivity index (χ0n) is 20.4. The first-order valence-electron chi connectivity index (χ1n) is 12.8. The molecule has 35 heavy (non-hydrogen) atoms. The average Bonchev–Trinajstić information content (AvgIpc) is 3.65. The number of nitrogens with zero attached hydrogens (tertiary/aromatic N) is 2. The quantitative estimate of drug-likeness (QED) is 0.551. The number of rotatable bonds is 6. The lowest BCUT2D eigenvalue weighted by molar-refractivity contribution is -0.144. The van der Waals surface area contributed by atoms with Crippen LogP contribution in [0.4, 0.5) is 0 Å². The molecule has 3 fully saturated rings. The van der Waals surface area contributed by atoms with Gasteiger partial charge in [0.1, 0.15) is 11.5 Å². The Morgan fingerprint density at radius 2 is 1.83 bits per heavy atom. The number of carbonyl (C=O) groups is 1. The number of aromatic hydroxyl groups is 2. The summed E-state index contributed by atoms with van der Waals surface area (Å²) in [4.78, 5) is 17.3. The van der Waals surface area contributed by atoms with Gasteiger partial charge in [0, 0.05) is 37.7 Å². The topological polar surface area (TPSA) is 84.2 Å². The molecule has 6 heteroatoms. The van der Waals surface area contributed by atoms with Crippen LogP contribution in [-0.4, -0.2) is 69.4 Å². The molecule has 1 saturated heterocycles. The first kappa shape index (κ1) is 23.9. The van der Waals surface area contributed by atoms with E-state index >= 15 is 0 Å². The fourth-order valence-corrected chi connectivity index (χ4v) is 6.28. The fraction of sp³-hybridized carbons (Fsp3) is 0.483. The third-order valence-corrected chi connectivity index (χ3v) is 8.50. The largest absolute Gasteiger partial charge is 0.508 e. The molecular formula is C29H36N2O4. The Morgan fingerprint density at radius 1 is 1.09 bits per heavy atom. The number of fused-ring (bicyclic) bond motifs is 1. The minimum absolute atomic E-state index is 0.0195. The molecule has 0 aromatic heterocycles. The van der Waals surface area contributed by atoms with Crippen molar-refractivity contribution in [3.63, 3.8) is 0 Å². The predicted molar refractivity (Wildman–Crippen MR) is 136 cm³/mol. The van der Waals surface area contributed by atoms with Crippen LogP contribution in [0, 0.1) is 5.92 Å². The SMILES string of the molecule is CN(C(=O)C=Cc1cccc(O)c1)[C@@H]1CC[C@]2(O)CN(CC3CC3)CC[C@@]2(c2cccc(O)c2)C1. The van der Waals surface area contributed by atoms with Gasteiger partial charge in [-0.15, -0.1) is 0 Å². The fourth-order valence-electron chi connectivity index (χ4n) is 6.28. The van der Waals surface area contributed by atoms with E-state index < -0.39 is 11.0 Å². The number of carbonyl (C=O) groups excluding carboxylic acids is 1. The summed E-state index contributed by atoms with van der Waals surface area (Å²) in [5.74, 6) is 1.05. The molecule has 2 aliphatic carbocycles. The van der Waals surface area contributed by atoms with Crippen molar-refractivity contribution < 1.29 is 20.1 Å². The number of likely N-dealkylation sites (tertiary alicyclic amines) is 1. The van der Waals surface area contributed by atoms with Crippen molar-refractivity contribution >= 4 is 12.0 Å². The Balaban J connectivity index is 1.38. The summed E-state index contributed by atoms with van der Waals surface area (Å²) in [5, 5.41) is 32.1. The molecule has 0 unspecified atom stereocenters. The van der Waals surface area contributed by atoms with Crippen molar-refractivity contribution in [1.29, 1.82) is 0 Å². The molecule has 2 aromatic rings. The highest BCUT2D eigenvalue weighted by Crippen LogP contribution is 2.53. The second kappa shape index (κ2) is 9.32. The molecule has 6 nitrogen and oxygen atoms in total. The highest BCUT2D eigenvalue weighted by atomic mass is 16.3. The first-order valence-corrected chi connectivity index (χ1v) is 12.8. The number of likely N-dealkylation sites (N-methyl/N-ethyl adjacent to an activating group) is 1. The molecular weight excluding hydrogens is 440 g/mol. The van der Waals surface area contributed by atoms with Crippen LogP contribution in [0.15, 0.2) is 54.6 Å². The van der Waals surface area contributed by atoms with Gasteiger partial charge in [0.15, 0.2) is 0 Å². The molecule has 0 radical (unpaired) electrons. The van der Waals surface area contributed by atoms with Gasteiger partial charge in [-0.1, -0.05) is 24.3 Å². The van der Waals surface area contributed by atoms with Gasteiger partial charge >= 0.3 is 0 Å². The van der Waals surface area contributed by atoms with Gasteiger partial charge in [-0.2, -0.15) is 0 Å². The molecule has 2 saturated carbocycles. The number of aliphatic hydroxyl groups is 1. The minimum atomic E-state index is -0.897. The van der Waals surface area contributed by atoms with Crippen LogP contribution in [-0.2, 0) is 10.2 Å². The van der Waals surface area contributed by atoms with E-state index in [4.69, 9.17) is 0 Å². The van der Waals surface area contributed by atoms with Gasteiger partial charge in [-0.25, -0.2) is 0 Å². The molecule has 186 valence electrons. The average molecular weight is 477 g/mol. The summed E-state index contributed by atoms with van der Waals surface area (Å²) in [6, 6.07) is 14.1. The predicted octanol–water partition coefficient (Wildman–Crippen LogP) is 3.91. The zero-order valence-corrected chi connectivity index (χ0v) is 20.4. The van der Waals surface area contributed by atoms with Gasteiger partial charge in [0.2, 0.25) is 5.91 Å². The molecule has 3 N–H and O–H groups in total. The Labute approximate surface area is 207 Å². The van der Waals surface area contributed by atoms with Gasteiger partial charge in [-0.05, 0) is 92.5 Å². The molecule has 1 amide bonds. The summed E-state index contributed by atoms with van der Waals surface area (Å²) < 4.78 is 0. The number of phenols is 2. The normalized spacial score (nSPS) is 29.1. The summed E-state index contributed by atoms with van der Waals surface area (Å²) >= 11 is 0. The number of hydrogen-bond donors (Lipinski definition) is 3. The summed E-state index contributed by atoms with van der Waals surface area (Å²) in [7, 11) is 1.84. The van der Waals surface area contributed by atoms with Crippen molar-refractivity contribution in [1.82, 2.24) is 9.80 Å². The van der Waals surface area contributed by atoms with Crippen molar-refractivity contribution in [2.45, 2.75) is 55.6 Å². The van der Waals surface area contributed by atoms with Crippen LogP contribution in [0.2, 0.25) is 0 Å². The van der Waals surface area contributed by atoms with E-state index in [0.717, 1.165) is 43.0 Å². The maximum absolute atomic E-state index is 13.1. The molecule has 2 aromatic carbocycles. The van der Waals surface area contributed by atoms with E-state index in [1.54, 1.807) is 47.4 Å². The molecule has 0 spiro atoms. The second-order valence-corrected chi connectivity index (χ2v) is 10.9. The van der Waals surface area contributed by atoms with E-state index in [9.17, 15) is 20.1 Å². The Hall–Kier alpha value is -2.83. The van der Waals surface area contributed by atoms with Crippen LogP contribution in [0.5, 0.6) is 11.5 Å². The van der Waals surface area contributed by atoms with E-state index in [1.807, 2.05) is 25.2 Å². The maximum Gasteiger partial charge on any atom is 0.246 e. The monoisotopic (exact) mass is 476 g/mol. The molecule has 1 aliphatic heterocycles. The van der Waals surface area contributed by atoms with Crippen LogP contribution in [0.25, 0.3) is 6.08 Å². The smallest absolute Gasteiger partial charge is 0.246 e. The molecule has 3 aliphatic rings. The highest BCUT2D eigenvalue weighted by Gasteiger charge is 2.58. The van der Waals surface area contributed by atoms with E-state index in [-0.39, 0.29) is 23.4 Å². The summed E-state index contributed by atoms with van der Waals surface area (Å²) in [5.41, 5.74) is 0.320. The van der Waals surface area contributed by atoms with Crippen molar-refractivity contribution in [2.24, 2.45) is 5.92 Å². The lowest BCUT2D eigenvalue weighted by atomic mass is 9.55. The third-order valence-electron chi connectivity index (χ3n) is 8.50. The van der Waals surface area contributed by atoms with Crippen LogP contribution in [0.3, 0.4) is 0 Å². The van der Waals surface area contributed by atoms with Crippen LogP contribution >= 0.6 is 0 Å². The Kier molecular flexibility index (Phi) is 6.36. The number of phenolic OH excluding ortho intramolecular Hbond substituents is 2. The van der Waals surface area contributed by atoms with Crippen molar-refractivity contribution in [3.8, 4) is 11.5 Å². The van der Waals surface area contributed by atoms with Crippen LogP contribution < -0.4 is 0 Å². The standard InChI is InChI=1S/C29H36N2O4/c1-30(27(34)11-10-21-4-2-6-25(32)16-21)24-12-13-29(35)20-31(19-22-8-9-22)15-14-28(29,18-24)23-5-3-7-26(33)17-23/h2-7,10-11,16-17,22,24,32-33,35H,8-9,12-15,18-20H2,1H3/t24-,28+,29+/m1/s1. The molecule has 5 rings (SSSR count). The van der Waals surface area contributed by atoms with Gasteiger partial charge in [0.25, 0.3) is 0 Å².